The van der Waals surface area contributed by atoms with Gasteiger partial charge in [0.15, 0.2) is 0 Å². The van der Waals surface area contributed by atoms with Crippen molar-refractivity contribution in [3.05, 3.63) is 0 Å². The lowest BCUT2D eigenvalue weighted by atomic mass is 9.84. The lowest BCUT2D eigenvalue weighted by Gasteiger charge is -2.26. The normalized spacial score (nSPS) is 8.20. The molecule has 0 aromatic carbocycles. The third-order valence-electron chi connectivity index (χ3n) is 1.75. The van der Waals surface area contributed by atoms with Gasteiger partial charge in [0.05, 0.1) is 0 Å². The summed E-state index contributed by atoms with van der Waals surface area (Å²) >= 11 is 0. The van der Waals surface area contributed by atoms with Crippen molar-refractivity contribution in [3.8, 4) is 0 Å². The molecule has 0 aromatic heterocycles. The topological polar surface area (TPSA) is 239 Å². The molecule has 0 amide bonds. The first-order valence-electron chi connectivity index (χ1n) is 8.22. The van der Waals surface area contributed by atoms with Gasteiger partial charge in [0.2, 0.25) is 0 Å². The Morgan fingerprint density at radius 3 is 0.533 bits per heavy atom. The highest BCUT2D eigenvalue weighted by molar-refractivity contribution is 6.57. The molecular weight excluding hydrogens is 411 g/mol. The van der Waals surface area contributed by atoms with Crippen molar-refractivity contribution >= 4 is 27.7 Å². The highest BCUT2D eigenvalue weighted by Crippen LogP contribution is 1.95. The minimum Gasteiger partial charge on any atom is -0.560 e. The van der Waals surface area contributed by atoms with Crippen molar-refractivity contribution in [2.75, 3.05) is 56.9 Å². The van der Waals surface area contributed by atoms with Crippen LogP contribution < -0.4 is 0 Å². The van der Waals surface area contributed by atoms with Gasteiger partial charge in [0.25, 0.3) is 0 Å². The van der Waals surface area contributed by atoms with E-state index in [1.807, 2.05) is 0 Å². The molecule has 14 nitrogen and oxygen atoms in total. The molecule has 0 heterocycles. The van der Waals surface area contributed by atoms with E-state index in [9.17, 15) is 0 Å². The van der Waals surface area contributed by atoms with E-state index in [0.29, 0.717) is 0 Å². The molecule has 0 unspecified atom stereocenters. The summed E-state index contributed by atoms with van der Waals surface area (Å²) in [6.45, 7) is 1.56. The standard InChI is InChI=1S/2C3H10BO3.2CH5BO2.4CH4O/c2*1-4(5,6-2)7-3;2*1-2(3)4;4*1-2/h2*5H,1-3H3;2*3-4H,1H3;4*2H,1H3/q2*-1;;;;;;. The van der Waals surface area contributed by atoms with E-state index in [4.69, 9.17) is 50.6 Å². The summed E-state index contributed by atoms with van der Waals surface area (Å²) in [5, 5.41) is 75.9. The molecule has 0 aliphatic rings. The Hall–Kier alpha value is -0.300. The summed E-state index contributed by atoms with van der Waals surface area (Å²) in [5.41, 5.74) is 0. The first kappa shape index (κ1) is 52.0. The van der Waals surface area contributed by atoms with Crippen molar-refractivity contribution in [2.24, 2.45) is 0 Å². The van der Waals surface area contributed by atoms with Gasteiger partial charge in [0.1, 0.15) is 0 Å². The van der Waals surface area contributed by atoms with Crippen LogP contribution in [0.5, 0.6) is 0 Å². The van der Waals surface area contributed by atoms with Crippen LogP contribution in [0, 0.1) is 0 Å². The Labute approximate surface area is 182 Å². The molecule has 0 aromatic rings. The Balaban J connectivity index is -0.0000000328. The van der Waals surface area contributed by atoms with Gasteiger partial charge in [-0.2, -0.15) is 0 Å². The van der Waals surface area contributed by atoms with Crippen molar-refractivity contribution in [2.45, 2.75) is 27.3 Å². The van der Waals surface area contributed by atoms with Crippen LogP contribution in [0.15, 0.2) is 0 Å². The second kappa shape index (κ2) is 46.8. The predicted molar refractivity (Wildman–Crippen MR) is 120 cm³/mol. The maximum atomic E-state index is 8.75. The zero-order chi connectivity index (χ0) is 27.0. The molecule has 0 aliphatic heterocycles. The van der Waals surface area contributed by atoms with Gasteiger partial charge >= 0.3 is 27.7 Å². The lowest BCUT2D eigenvalue weighted by Crippen LogP contribution is -2.35. The Bertz CT molecular complexity index is 188. The first-order valence-corrected chi connectivity index (χ1v) is 8.22. The monoisotopic (exact) mass is 458 g/mol. The molecule has 0 atom stereocenters. The van der Waals surface area contributed by atoms with Crippen LogP contribution in [0.4, 0.5) is 0 Å². The Morgan fingerprint density at radius 2 is 0.533 bits per heavy atom. The number of aliphatic hydroxyl groups excluding tert-OH is 4. The second-order valence-corrected chi connectivity index (χ2v) is 4.28. The van der Waals surface area contributed by atoms with E-state index in [2.05, 4.69) is 18.6 Å². The fourth-order valence-electron chi connectivity index (χ4n) is 0.192. The molecule has 0 bridgehead atoms. The average molecular weight is 458 g/mol. The van der Waals surface area contributed by atoms with E-state index < -0.39 is 27.7 Å². The molecule has 0 fully saturated rings. The van der Waals surface area contributed by atoms with Crippen molar-refractivity contribution in [3.63, 3.8) is 0 Å². The first-order chi connectivity index (χ1) is 13.7. The Kier molecular flexibility index (Phi) is 81.0. The molecule has 10 N–H and O–H groups in total. The van der Waals surface area contributed by atoms with Crippen molar-refractivity contribution in [1.82, 2.24) is 0 Å². The highest BCUT2D eigenvalue weighted by atomic mass is 16.7. The van der Waals surface area contributed by atoms with Gasteiger partial charge in [-0.25, -0.2) is 0 Å². The summed E-state index contributed by atoms with van der Waals surface area (Å²) < 4.78 is 17.9. The zero-order valence-corrected chi connectivity index (χ0v) is 20.4. The SMILES string of the molecule is CB(O)O.CB(O)O.CO.CO.CO.CO.CO[B-](C)(O)OC.CO[B-](C)(O)OC. The fraction of sp³-hybridized carbons (Fsp3) is 1.00. The second-order valence-electron chi connectivity index (χ2n) is 4.28. The molecule has 0 saturated heterocycles. The van der Waals surface area contributed by atoms with Gasteiger partial charge in [-0.05, 0) is 42.1 Å². The predicted octanol–water partition coefficient (Wildman–Crippen LogP) is -3.71. The molecule has 0 radical (unpaired) electrons. The summed E-state index contributed by atoms with van der Waals surface area (Å²) in [6.07, 6.45) is 0. The molecular formula is C12H46B4O14-2. The minimum atomic E-state index is -1.97. The molecule has 192 valence electrons. The number of rotatable bonds is 4. The molecule has 30 heavy (non-hydrogen) atoms. The molecule has 0 rings (SSSR count). The van der Waals surface area contributed by atoms with Crippen LogP contribution in [0.25, 0.3) is 0 Å². The Morgan fingerprint density at radius 1 is 0.467 bits per heavy atom. The van der Waals surface area contributed by atoms with Gasteiger partial charge < -0.3 is 69.2 Å². The van der Waals surface area contributed by atoms with Crippen molar-refractivity contribution in [1.29, 1.82) is 0 Å². The summed E-state index contributed by atoms with van der Waals surface area (Å²) in [6, 6.07) is 0. The molecule has 0 aliphatic carbocycles. The van der Waals surface area contributed by atoms with Crippen LogP contribution in [0.1, 0.15) is 0 Å². The molecule has 0 saturated carbocycles. The van der Waals surface area contributed by atoms with Gasteiger partial charge in [-0.3, -0.25) is 0 Å². The van der Waals surface area contributed by atoms with Gasteiger partial charge in [-0.15, -0.1) is 13.6 Å². The van der Waals surface area contributed by atoms with Crippen LogP contribution in [0.3, 0.4) is 0 Å². The smallest absolute Gasteiger partial charge is 0.448 e. The maximum absolute atomic E-state index is 8.75. The number of hydrogen-bond donors (Lipinski definition) is 10. The third-order valence-corrected chi connectivity index (χ3v) is 1.75. The van der Waals surface area contributed by atoms with Crippen molar-refractivity contribution < 1.29 is 69.2 Å². The van der Waals surface area contributed by atoms with E-state index in [1.165, 1.54) is 55.7 Å². The highest BCUT2D eigenvalue weighted by Gasteiger charge is 2.12. The average Bonchev–Trinajstić information content (AvgIpc) is 2.73. The number of aliphatic hydroxyl groups is 4. The van der Waals surface area contributed by atoms with Crippen LogP contribution in [0.2, 0.25) is 27.3 Å². The summed E-state index contributed by atoms with van der Waals surface area (Å²) in [7, 11) is 7.24. The van der Waals surface area contributed by atoms with E-state index in [1.54, 1.807) is 0 Å². The van der Waals surface area contributed by atoms with Gasteiger partial charge in [0, 0.05) is 28.4 Å². The van der Waals surface area contributed by atoms with Crippen LogP contribution >= 0.6 is 0 Å². The van der Waals surface area contributed by atoms with Crippen LogP contribution in [-0.2, 0) is 18.6 Å². The van der Waals surface area contributed by atoms with Gasteiger partial charge in [-0.1, -0.05) is 0 Å². The minimum absolute atomic E-state index is 1.00. The molecule has 18 heteroatoms. The summed E-state index contributed by atoms with van der Waals surface area (Å²) in [4.78, 5) is 0. The number of hydrogen-bond acceptors (Lipinski definition) is 14. The largest absolute Gasteiger partial charge is 0.560 e. The lowest BCUT2D eigenvalue weighted by molar-refractivity contribution is 0.159. The quantitative estimate of drug-likeness (QED) is 0.183. The van der Waals surface area contributed by atoms with E-state index in [-0.39, 0.29) is 0 Å². The zero-order valence-electron chi connectivity index (χ0n) is 20.4. The van der Waals surface area contributed by atoms with Crippen LogP contribution in [-0.4, -0.2) is 135 Å². The molecule has 0 spiro atoms. The fourth-order valence-corrected chi connectivity index (χ4v) is 0.192. The summed E-state index contributed by atoms with van der Waals surface area (Å²) in [5.74, 6) is 0. The third kappa shape index (κ3) is 144. The van der Waals surface area contributed by atoms with E-state index >= 15 is 0 Å². The maximum Gasteiger partial charge on any atom is 0.448 e. The van der Waals surface area contributed by atoms with E-state index in [0.717, 1.165) is 28.4 Å².